The number of halogens is 1. The largest absolute Gasteiger partial charge is 0.393 e. The van der Waals surface area contributed by atoms with Crippen molar-refractivity contribution < 1.29 is 0 Å². The third-order valence-corrected chi connectivity index (χ3v) is 4.41. The number of nitrogens with one attached hydrogen (secondary N) is 2. The van der Waals surface area contributed by atoms with Gasteiger partial charge < -0.3 is 21.0 Å². The molecule has 140 valence electrons. The van der Waals surface area contributed by atoms with Crippen molar-refractivity contribution in [2.45, 2.75) is 26.3 Å². The summed E-state index contributed by atoms with van der Waals surface area (Å²) < 4.78 is 0. The Morgan fingerprint density at radius 3 is 2.42 bits per heavy atom. The summed E-state index contributed by atoms with van der Waals surface area (Å²) in [5.41, 5.74) is 14.2. The van der Waals surface area contributed by atoms with E-state index in [0.29, 0.717) is 11.5 Å². The fraction of sp³-hybridized carbons (Fsp3) is 0.444. The highest BCUT2D eigenvalue weighted by molar-refractivity contribution is 6.30. The first-order valence-corrected chi connectivity index (χ1v) is 9.10. The number of hydrazine groups is 1. The predicted octanol–water partition coefficient (Wildman–Crippen LogP) is 2.75. The minimum atomic E-state index is -0.0971. The van der Waals surface area contributed by atoms with Gasteiger partial charge in [-0.25, -0.2) is 15.4 Å². The van der Waals surface area contributed by atoms with Crippen LogP contribution in [-0.2, 0) is 0 Å². The van der Waals surface area contributed by atoms with Gasteiger partial charge in [-0.3, -0.25) is 0 Å². The molecule has 2 aromatic rings. The molecule has 2 heterocycles. The molecular formula is C18H26ClN7. The molecule has 0 aliphatic carbocycles. The molecule has 26 heavy (non-hydrogen) atoms. The van der Waals surface area contributed by atoms with Crippen molar-refractivity contribution in [2.24, 2.45) is 0 Å². The maximum Gasteiger partial charge on any atom is 0.169 e. The number of piperazine rings is 1. The van der Waals surface area contributed by atoms with Crippen LogP contribution >= 0.6 is 11.6 Å². The smallest absolute Gasteiger partial charge is 0.169 e. The van der Waals surface area contributed by atoms with Crippen molar-refractivity contribution in [3.63, 3.8) is 0 Å². The number of nitrogens with zero attached hydrogens (tertiary/aromatic N) is 4. The van der Waals surface area contributed by atoms with Gasteiger partial charge in [-0.15, -0.1) is 0 Å². The summed E-state index contributed by atoms with van der Waals surface area (Å²) in [5.74, 6) is 1.37. The molecule has 4 N–H and O–H groups in total. The van der Waals surface area contributed by atoms with E-state index in [4.69, 9.17) is 17.3 Å². The number of aromatic nitrogens is 2. The molecule has 0 bridgehead atoms. The molecular weight excluding hydrogens is 350 g/mol. The zero-order chi connectivity index (χ0) is 18.7. The van der Waals surface area contributed by atoms with Gasteiger partial charge in [0.15, 0.2) is 11.6 Å². The molecule has 1 aromatic carbocycles. The van der Waals surface area contributed by atoms with Gasteiger partial charge in [-0.2, -0.15) is 0 Å². The van der Waals surface area contributed by atoms with Crippen molar-refractivity contribution in [3.8, 4) is 0 Å². The van der Waals surface area contributed by atoms with Gasteiger partial charge in [0.1, 0.15) is 12.0 Å². The van der Waals surface area contributed by atoms with E-state index < -0.39 is 0 Å². The number of rotatable bonds is 4. The number of anilines is 4. The average Bonchev–Trinajstić information content (AvgIpc) is 2.60. The first kappa shape index (κ1) is 18.5. The summed E-state index contributed by atoms with van der Waals surface area (Å²) in [7, 11) is 0. The van der Waals surface area contributed by atoms with Gasteiger partial charge in [0.25, 0.3) is 0 Å². The molecule has 0 amide bonds. The molecule has 8 heteroatoms. The van der Waals surface area contributed by atoms with Gasteiger partial charge in [0, 0.05) is 42.4 Å². The molecule has 7 nitrogen and oxygen atoms in total. The lowest BCUT2D eigenvalue weighted by Gasteiger charge is -2.37. The highest BCUT2D eigenvalue weighted by atomic mass is 35.5. The molecule has 0 spiro atoms. The Labute approximate surface area is 159 Å². The molecule has 1 aliphatic heterocycles. The molecule has 1 fully saturated rings. The normalized spacial score (nSPS) is 15.2. The van der Waals surface area contributed by atoms with Crippen LogP contribution in [0, 0.1) is 0 Å². The molecule has 0 radical (unpaired) electrons. The van der Waals surface area contributed by atoms with Crippen LogP contribution in [0.2, 0.25) is 5.02 Å². The average molecular weight is 376 g/mol. The topological polar surface area (TPSA) is 82.3 Å². The standard InChI is InChI=1S/C18H26ClN7/c1-18(2,3)24-23-16-15(20)17(22-12-21-16)26-9-7-25(8-10-26)14-6-4-5-13(19)11-14/h4-6,11-12,24H,7-10,20H2,1-3H3,(H,21,22,23). The lowest BCUT2D eigenvalue weighted by molar-refractivity contribution is 0.464. The zero-order valence-corrected chi connectivity index (χ0v) is 16.2. The van der Waals surface area contributed by atoms with Crippen LogP contribution < -0.4 is 26.4 Å². The molecule has 0 atom stereocenters. The van der Waals surface area contributed by atoms with Gasteiger partial charge >= 0.3 is 0 Å². The fourth-order valence-electron chi connectivity index (χ4n) is 2.83. The summed E-state index contributed by atoms with van der Waals surface area (Å²) >= 11 is 6.11. The van der Waals surface area contributed by atoms with E-state index in [1.807, 2.05) is 18.2 Å². The molecule has 3 rings (SSSR count). The first-order valence-electron chi connectivity index (χ1n) is 8.72. The van der Waals surface area contributed by atoms with Crippen molar-refractivity contribution in [1.29, 1.82) is 0 Å². The van der Waals surface area contributed by atoms with Gasteiger partial charge in [-0.05, 0) is 39.0 Å². The van der Waals surface area contributed by atoms with E-state index in [2.05, 4.69) is 57.5 Å². The Hall–Kier alpha value is -2.25. The van der Waals surface area contributed by atoms with Gasteiger partial charge in [0.05, 0.1) is 0 Å². The Balaban J connectivity index is 1.67. The lowest BCUT2D eigenvalue weighted by Crippen LogP contribution is -2.47. The quantitative estimate of drug-likeness (QED) is 0.709. The second-order valence-electron chi connectivity index (χ2n) is 7.41. The van der Waals surface area contributed by atoms with Crippen LogP contribution in [0.15, 0.2) is 30.6 Å². The molecule has 0 unspecified atom stereocenters. The summed E-state index contributed by atoms with van der Waals surface area (Å²) in [6.45, 7) is 9.62. The van der Waals surface area contributed by atoms with Gasteiger partial charge in [0.2, 0.25) is 0 Å². The summed E-state index contributed by atoms with van der Waals surface area (Å²) in [4.78, 5) is 13.2. The van der Waals surface area contributed by atoms with E-state index >= 15 is 0 Å². The molecule has 1 aliphatic rings. The molecule has 1 aromatic heterocycles. The van der Waals surface area contributed by atoms with Crippen LogP contribution in [0.1, 0.15) is 20.8 Å². The van der Waals surface area contributed by atoms with Crippen LogP contribution in [0.4, 0.5) is 23.0 Å². The number of nitrogen functional groups attached to an aromatic ring is 1. The minimum Gasteiger partial charge on any atom is -0.393 e. The second kappa shape index (κ2) is 7.55. The Kier molecular flexibility index (Phi) is 5.38. The van der Waals surface area contributed by atoms with Crippen LogP contribution in [0.5, 0.6) is 0 Å². The minimum absolute atomic E-state index is 0.0971. The predicted molar refractivity (Wildman–Crippen MR) is 109 cm³/mol. The highest BCUT2D eigenvalue weighted by Crippen LogP contribution is 2.28. The SMILES string of the molecule is CC(C)(C)NNc1ncnc(N2CCN(c3cccc(Cl)c3)CC2)c1N. The van der Waals surface area contributed by atoms with Crippen molar-refractivity contribution in [3.05, 3.63) is 35.6 Å². The zero-order valence-electron chi connectivity index (χ0n) is 15.5. The lowest BCUT2D eigenvalue weighted by atomic mass is 10.1. The number of nitrogens with two attached hydrogens (primary N) is 1. The van der Waals surface area contributed by atoms with E-state index in [1.54, 1.807) is 6.33 Å². The number of hydrogen-bond acceptors (Lipinski definition) is 7. The summed E-state index contributed by atoms with van der Waals surface area (Å²) in [5, 5.41) is 0.757. The summed E-state index contributed by atoms with van der Waals surface area (Å²) in [6, 6.07) is 7.95. The van der Waals surface area contributed by atoms with Crippen molar-refractivity contribution in [2.75, 3.05) is 47.1 Å². The monoisotopic (exact) mass is 375 g/mol. The number of hydrogen-bond donors (Lipinski definition) is 3. The first-order chi connectivity index (χ1) is 12.3. The van der Waals surface area contributed by atoms with Crippen LogP contribution in [0.3, 0.4) is 0 Å². The third-order valence-electron chi connectivity index (χ3n) is 4.17. The van der Waals surface area contributed by atoms with E-state index in [9.17, 15) is 0 Å². The van der Waals surface area contributed by atoms with Gasteiger partial charge in [-0.1, -0.05) is 17.7 Å². The third kappa shape index (κ3) is 4.47. The Morgan fingerprint density at radius 1 is 1.08 bits per heavy atom. The maximum atomic E-state index is 6.31. The van der Waals surface area contributed by atoms with Crippen LogP contribution in [-0.4, -0.2) is 41.7 Å². The van der Waals surface area contributed by atoms with Crippen molar-refractivity contribution >= 4 is 34.6 Å². The number of benzene rings is 1. The second-order valence-corrected chi connectivity index (χ2v) is 7.85. The van der Waals surface area contributed by atoms with E-state index in [-0.39, 0.29) is 5.54 Å². The van der Waals surface area contributed by atoms with Crippen LogP contribution in [0.25, 0.3) is 0 Å². The molecule has 0 saturated carbocycles. The van der Waals surface area contributed by atoms with Crippen molar-refractivity contribution in [1.82, 2.24) is 15.4 Å². The molecule has 1 saturated heterocycles. The Bertz CT molecular complexity index is 751. The fourth-order valence-corrected chi connectivity index (χ4v) is 3.02. The maximum absolute atomic E-state index is 6.31. The summed E-state index contributed by atoms with van der Waals surface area (Å²) in [6.07, 6.45) is 1.54. The van der Waals surface area contributed by atoms with E-state index in [0.717, 1.165) is 42.7 Å². The van der Waals surface area contributed by atoms with E-state index in [1.165, 1.54) is 0 Å². The Morgan fingerprint density at radius 2 is 1.77 bits per heavy atom. The highest BCUT2D eigenvalue weighted by Gasteiger charge is 2.22.